The van der Waals surface area contributed by atoms with Crippen molar-refractivity contribution < 1.29 is 14.4 Å². The van der Waals surface area contributed by atoms with Crippen LogP contribution in [0, 0.1) is 12.8 Å². The van der Waals surface area contributed by atoms with Gasteiger partial charge < -0.3 is 21.3 Å². The van der Waals surface area contributed by atoms with Crippen LogP contribution in [0.3, 0.4) is 0 Å². The summed E-state index contributed by atoms with van der Waals surface area (Å²) in [6, 6.07) is 12.4. The Labute approximate surface area is 176 Å². The van der Waals surface area contributed by atoms with Crippen molar-refractivity contribution in [2.75, 3.05) is 22.5 Å². The molecule has 0 bridgehead atoms. The minimum Gasteiger partial charge on any atom is -0.376 e. The maximum atomic E-state index is 12.4. The standard InChI is InChI=1S/C23H28N4O3/c1-14(2)25-23(30)17-6-4-7-18(12-17)26-21(28)13-24-19-8-5-9-20(15(19)3)27-22(29)16-10-11-16/h4-9,12,14,16,24H,10-11,13H2,1-3H3,(H,25,30)(H,26,28)(H,27,29). The molecule has 4 N–H and O–H groups in total. The van der Waals surface area contributed by atoms with Crippen LogP contribution in [0.2, 0.25) is 0 Å². The van der Waals surface area contributed by atoms with Crippen LogP contribution in [0.15, 0.2) is 42.5 Å². The number of benzene rings is 2. The second-order valence-electron chi connectivity index (χ2n) is 7.85. The van der Waals surface area contributed by atoms with Gasteiger partial charge in [0.15, 0.2) is 0 Å². The maximum Gasteiger partial charge on any atom is 0.251 e. The quantitative estimate of drug-likeness (QED) is 0.537. The molecule has 1 saturated carbocycles. The predicted octanol–water partition coefficient (Wildman–Crippen LogP) is 3.53. The highest BCUT2D eigenvalue weighted by Crippen LogP contribution is 2.31. The summed E-state index contributed by atoms with van der Waals surface area (Å²) in [5.41, 5.74) is 3.46. The Bertz CT molecular complexity index is 951. The molecule has 30 heavy (non-hydrogen) atoms. The van der Waals surface area contributed by atoms with Crippen LogP contribution in [0.4, 0.5) is 17.1 Å². The first kappa shape index (κ1) is 21.4. The summed E-state index contributed by atoms with van der Waals surface area (Å²) in [5, 5.41) is 11.7. The van der Waals surface area contributed by atoms with E-state index in [1.165, 1.54) is 0 Å². The van der Waals surface area contributed by atoms with E-state index in [0.29, 0.717) is 11.3 Å². The lowest BCUT2D eigenvalue weighted by molar-refractivity contribution is -0.117. The lowest BCUT2D eigenvalue weighted by Gasteiger charge is -2.14. The third kappa shape index (κ3) is 5.83. The lowest BCUT2D eigenvalue weighted by atomic mass is 10.1. The topological polar surface area (TPSA) is 99.3 Å². The molecule has 3 rings (SSSR count). The van der Waals surface area contributed by atoms with Gasteiger partial charge in [-0.2, -0.15) is 0 Å². The first-order valence-corrected chi connectivity index (χ1v) is 10.2. The number of amides is 3. The fourth-order valence-electron chi connectivity index (χ4n) is 3.01. The molecule has 2 aromatic rings. The molecule has 1 fully saturated rings. The first-order chi connectivity index (χ1) is 14.3. The van der Waals surface area contributed by atoms with Crippen molar-refractivity contribution in [1.82, 2.24) is 5.32 Å². The van der Waals surface area contributed by atoms with Crippen molar-refractivity contribution in [3.8, 4) is 0 Å². The molecule has 2 aromatic carbocycles. The fourth-order valence-corrected chi connectivity index (χ4v) is 3.01. The van der Waals surface area contributed by atoms with Gasteiger partial charge in [0.1, 0.15) is 0 Å². The summed E-state index contributed by atoms with van der Waals surface area (Å²) >= 11 is 0. The van der Waals surface area contributed by atoms with Gasteiger partial charge in [0.05, 0.1) is 6.54 Å². The van der Waals surface area contributed by atoms with Crippen LogP contribution in [0.25, 0.3) is 0 Å². The Balaban J connectivity index is 1.57. The molecule has 158 valence electrons. The Kier molecular flexibility index (Phi) is 6.72. The summed E-state index contributed by atoms with van der Waals surface area (Å²) in [5.74, 6) is -0.234. The molecule has 0 radical (unpaired) electrons. The molecule has 0 aromatic heterocycles. The van der Waals surface area contributed by atoms with Crippen molar-refractivity contribution >= 4 is 34.8 Å². The van der Waals surface area contributed by atoms with Gasteiger partial charge in [-0.3, -0.25) is 14.4 Å². The predicted molar refractivity (Wildman–Crippen MR) is 119 cm³/mol. The normalized spacial score (nSPS) is 12.9. The van der Waals surface area contributed by atoms with E-state index in [0.717, 1.165) is 29.8 Å². The number of nitrogens with one attached hydrogen (secondary N) is 4. The fraction of sp³-hybridized carbons (Fsp3) is 0.348. The zero-order chi connectivity index (χ0) is 21.7. The molecule has 0 atom stereocenters. The van der Waals surface area contributed by atoms with Crippen molar-refractivity contribution in [3.63, 3.8) is 0 Å². The van der Waals surface area contributed by atoms with Crippen molar-refractivity contribution in [3.05, 3.63) is 53.6 Å². The summed E-state index contributed by atoms with van der Waals surface area (Å²) in [7, 11) is 0. The minimum atomic E-state index is -0.233. The van der Waals surface area contributed by atoms with E-state index in [-0.39, 0.29) is 36.2 Å². The number of hydrogen-bond acceptors (Lipinski definition) is 4. The van der Waals surface area contributed by atoms with Crippen molar-refractivity contribution in [2.24, 2.45) is 5.92 Å². The van der Waals surface area contributed by atoms with Crippen LogP contribution < -0.4 is 21.3 Å². The molecule has 3 amide bonds. The van der Waals surface area contributed by atoms with E-state index >= 15 is 0 Å². The molecular formula is C23H28N4O3. The molecule has 0 heterocycles. The molecule has 7 nitrogen and oxygen atoms in total. The molecule has 0 unspecified atom stereocenters. The van der Waals surface area contributed by atoms with Gasteiger partial charge in [-0.1, -0.05) is 12.1 Å². The van der Waals surface area contributed by atoms with E-state index in [4.69, 9.17) is 0 Å². The number of hydrogen-bond donors (Lipinski definition) is 4. The van der Waals surface area contributed by atoms with Crippen LogP contribution in [0.1, 0.15) is 42.6 Å². The third-order valence-corrected chi connectivity index (χ3v) is 4.81. The highest BCUT2D eigenvalue weighted by Gasteiger charge is 2.29. The number of carbonyl (C=O) groups excluding carboxylic acids is 3. The Hall–Kier alpha value is -3.35. The molecule has 0 saturated heterocycles. The van der Waals surface area contributed by atoms with E-state index in [1.807, 2.05) is 39.0 Å². The van der Waals surface area contributed by atoms with Gasteiger partial charge >= 0.3 is 0 Å². The molecule has 1 aliphatic rings. The lowest BCUT2D eigenvalue weighted by Crippen LogP contribution is -2.30. The smallest absolute Gasteiger partial charge is 0.251 e. The van der Waals surface area contributed by atoms with E-state index in [2.05, 4.69) is 21.3 Å². The largest absolute Gasteiger partial charge is 0.376 e. The highest BCUT2D eigenvalue weighted by atomic mass is 16.2. The SMILES string of the molecule is Cc1c(NCC(=O)Nc2cccc(C(=O)NC(C)C)c2)cccc1NC(=O)C1CC1. The molecule has 0 aliphatic heterocycles. The zero-order valence-corrected chi connectivity index (χ0v) is 17.5. The van der Waals surface area contributed by atoms with Gasteiger partial charge in [-0.05, 0) is 69.5 Å². The van der Waals surface area contributed by atoms with Crippen molar-refractivity contribution in [2.45, 2.75) is 39.7 Å². The molecule has 0 spiro atoms. The molecule has 7 heteroatoms. The Morgan fingerprint density at radius 3 is 2.40 bits per heavy atom. The summed E-state index contributed by atoms with van der Waals surface area (Å²) in [6.45, 7) is 5.75. The summed E-state index contributed by atoms with van der Waals surface area (Å²) < 4.78 is 0. The summed E-state index contributed by atoms with van der Waals surface area (Å²) in [6.07, 6.45) is 1.90. The average Bonchev–Trinajstić information content (AvgIpc) is 3.54. The Morgan fingerprint density at radius 1 is 1.00 bits per heavy atom. The van der Waals surface area contributed by atoms with E-state index in [9.17, 15) is 14.4 Å². The second kappa shape index (κ2) is 9.43. The van der Waals surface area contributed by atoms with Crippen LogP contribution in [-0.4, -0.2) is 30.3 Å². The number of carbonyl (C=O) groups is 3. The van der Waals surface area contributed by atoms with Crippen molar-refractivity contribution in [1.29, 1.82) is 0 Å². The summed E-state index contributed by atoms with van der Waals surface area (Å²) in [4.78, 5) is 36.5. The zero-order valence-electron chi connectivity index (χ0n) is 17.5. The monoisotopic (exact) mass is 408 g/mol. The van der Waals surface area contributed by atoms with Crippen LogP contribution >= 0.6 is 0 Å². The molecular weight excluding hydrogens is 380 g/mol. The maximum absolute atomic E-state index is 12.4. The Morgan fingerprint density at radius 2 is 1.70 bits per heavy atom. The second-order valence-corrected chi connectivity index (χ2v) is 7.85. The van der Waals surface area contributed by atoms with Gasteiger partial charge in [-0.15, -0.1) is 0 Å². The van der Waals surface area contributed by atoms with Crippen LogP contribution in [0.5, 0.6) is 0 Å². The van der Waals surface area contributed by atoms with Crippen LogP contribution in [-0.2, 0) is 9.59 Å². The highest BCUT2D eigenvalue weighted by molar-refractivity contribution is 5.98. The number of rotatable bonds is 8. The first-order valence-electron chi connectivity index (χ1n) is 10.2. The third-order valence-electron chi connectivity index (χ3n) is 4.81. The van der Waals surface area contributed by atoms with E-state index < -0.39 is 0 Å². The van der Waals surface area contributed by atoms with Gasteiger partial charge in [0.2, 0.25) is 11.8 Å². The van der Waals surface area contributed by atoms with Gasteiger partial charge in [0.25, 0.3) is 5.91 Å². The minimum absolute atomic E-state index is 0.0352. The average molecular weight is 409 g/mol. The number of anilines is 3. The van der Waals surface area contributed by atoms with Gasteiger partial charge in [0, 0.05) is 34.6 Å². The van der Waals surface area contributed by atoms with E-state index in [1.54, 1.807) is 24.3 Å². The molecule has 1 aliphatic carbocycles. The van der Waals surface area contributed by atoms with Gasteiger partial charge in [-0.25, -0.2) is 0 Å².